The fraction of sp³-hybridized carbons (Fsp3) is 0.481. The minimum Gasteiger partial charge on any atom is -0.465 e. The summed E-state index contributed by atoms with van der Waals surface area (Å²) in [5, 5.41) is 13.0. The van der Waals surface area contributed by atoms with Crippen LogP contribution in [0.3, 0.4) is 0 Å². The van der Waals surface area contributed by atoms with E-state index in [0.717, 1.165) is 49.3 Å². The number of anilines is 2. The molecule has 4 rings (SSSR count). The average molecular weight is 542 g/mol. The molecule has 1 amide bonds. The summed E-state index contributed by atoms with van der Waals surface area (Å²) in [4.78, 5) is 28.9. The molecule has 8 nitrogen and oxygen atoms in total. The zero-order valence-electron chi connectivity index (χ0n) is 22.2. The number of hydrogen-bond acceptors (Lipinski definition) is 8. The summed E-state index contributed by atoms with van der Waals surface area (Å²) in [6.45, 7) is 11.2. The van der Waals surface area contributed by atoms with Crippen molar-refractivity contribution in [1.29, 1.82) is 0 Å². The molecule has 3 aromatic rings. The molecule has 2 aromatic heterocycles. The Morgan fingerprint density at radius 3 is 2.57 bits per heavy atom. The Morgan fingerprint density at radius 2 is 1.92 bits per heavy atom. The standard InChI is InChI=1S/C27H35N5O3S2/c1-6-31(7-2)19-12-10-18(11-13-19)24-29-30-27(32(24)8-3)36-16-22(33)28-25-23(26(34)35-5)20-14-9-17(4)15-21(20)37-25/h10-13,17H,6-9,14-16H2,1-5H3,(H,28,33). The summed E-state index contributed by atoms with van der Waals surface area (Å²) < 4.78 is 7.06. The number of carbonyl (C=O) groups excluding carboxylic acids is 2. The fourth-order valence-corrected chi connectivity index (χ4v) is 6.97. The molecular weight excluding hydrogens is 506 g/mol. The first-order valence-corrected chi connectivity index (χ1v) is 14.6. The minimum absolute atomic E-state index is 0.165. The van der Waals surface area contributed by atoms with Crippen molar-refractivity contribution in [1.82, 2.24) is 14.8 Å². The van der Waals surface area contributed by atoms with E-state index in [9.17, 15) is 9.59 Å². The van der Waals surface area contributed by atoms with E-state index < -0.39 is 5.97 Å². The van der Waals surface area contributed by atoms with Crippen LogP contribution in [-0.2, 0) is 28.9 Å². The smallest absolute Gasteiger partial charge is 0.341 e. The van der Waals surface area contributed by atoms with Gasteiger partial charge in [-0.25, -0.2) is 4.79 Å². The highest BCUT2D eigenvalue weighted by atomic mass is 32.2. The molecular formula is C27H35N5O3S2. The van der Waals surface area contributed by atoms with Gasteiger partial charge in [-0.1, -0.05) is 18.7 Å². The number of nitrogens with zero attached hydrogens (tertiary/aromatic N) is 4. The second kappa shape index (κ2) is 12.1. The van der Waals surface area contributed by atoms with Crippen molar-refractivity contribution in [3.63, 3.8) is 0 Å². The van der Waals surface area contributed by atoms with E-state index in [-0.39, 0.29) is 11.7 Å². The predicted octanol–water partition coefficient (Wildman–Crippen LogP) is 5.51. The van der Waals surface area contributed by atoms with Crippen LogP contribution in [0.2, 0.25) is 0 Å². The molecule has 1 N–H and O–H groups in total. The molecule has 0 fully saturated rings. The van der Waals surface area contributed by atoms with Gasteiger partial charge in [0.15, 0.2) is 11.0 Å². The van der Waals surface area contributed by atoms with Gasteiger partial charge in [0.05, 0.1) is 18.4 Å². The zero-order chi connectivity index (χ0) is 26.5. The maximum absolute atomic E-state index is 12.9. The number of carbonyl (C=O) groups is 2. The number of aromatic nitrogens is 3. The number of thiophene rings is 1. The Kier molecular flexibility index (Phi) is 8.91. The Morgan fingerprint density at radius 1 is 1.19 bits per heavy atom. The second-order valence-electron chi connectivity index (χ2n) is 9.15. The van der Waals surface area contributed by atoms with Crippen molar-refractivity contribution >= 4 is 45.7 Å². The van der Waals surface area contributed by atoms with Gasteiger partial charge in [-0.15, -0.1) is 21.5 Å². The van der Waals surface area contributed by atoms with Crippen molar-refractivity contribution in [3.05, 3.63) is 40.3 Å². The monoisotopic (exact) mass is 541 g/mol. The number of hydrogen-bond donors (Lipinski definition) is 1. The summed E-state index contributed by atoms with van der Waals surface area (Å²) in [5.74, 6) is 0.941. The normalized spacial score (nSPS) is 14.8. The van der Waals surface area contributed by atoms with Gasteiger partial charge in [0.2, 0.25) is 5.91 Å². The molecule has 0 aliphatic heterocycles. The number of ether oxygens (including phenoxy) is 1. The van der Waals surface area contributed by atoms with Crippen LogP contribution in [0.15, 0.2) is 29.4 Å². The molecule has 0 radical (unpaired) electrons. The molecule has 37 heavy (non-hydrogen) atoms. The van der Waals surface area contributed by atoms with Crippen LogP contribution in [-0.4, -0.2) is 52.6 Å². The lowest BCUT2D eigenvalue weighted by Crippen LogP contribution is -2.21. The molecule has 1 unspecified atom stereocenters. The Hall–Kier alpha value is -2.85. The molecule has 0 saturated heterocycles. The van der Waals surface area contributed by atoms with Crippen LogP contribution in [0.4, 0.5) is 10.7 Å². The van der Waals surface area contributed by atoms with Crippen molar-refractivity contribution < 1.29 is 14.3 Å². The molecule has 198 valence electrons. The number of thioether (sulfide) groups is 1. The molecule has 1 aromatic carbocycles. The number of methoxy groups -OCH3 is 1. The Bertz CT molecular complexity index is 1250. The highest BCUT2D eigenvalue weighted by molar-refractivity contribution is 7.99. The Labute approximate surface area is 226 Å². The molecule has 1 aliphatic carbocycles. The van der Waals surface area contributed by atoms with E-state index in [1.807, 2.05) is 11.5 Å². The van der Waals surface area contributed by atoms with Crippen LogP contribution in [0.25, 0.3) is 11.4 Å². The molecule has 1 aliphatic rings. The first-order chi connectivity index (χ1) is 17.9. The number of fused-ring (bicyclic) bond motifs is 1. The third-order valence-electron chi connectivity index (χ3n) is 6.77. The Balaban J connectivity index is 1.46. The summed E-state index contributed by atoms with van der Waals surface area (Å²) in [7, 11) is 1.38. The van der Waals surface area contributed by atoms with E-state index in [0.29, 0.717) is 28.2 Å². The maximum atomic E-state index is 12.9. The lowest BCUT2D eigenvalue weighted by molar-refractivity contribution is -0.113. The van der Waals surface area contributed by atoms with Crippen molar-refractivity contribution in [2.75, 3.05) is 36.2 Å². The van der Waals surface area contributed by atoms with Crippen LogP contribution in [0.1, 0.15) is 54.9 Å². The van der Waals surface area contributed by atoms with Gasteiger partial charge in [-0.3, -0.25) is 4.79 Å². The van der Waals surface area contributed by atoms with Crippen LogP contribution >= 0.6 is 23.1 Å². The molecule has 2 heterocycles. The zero-order valence-corrected chi connectivity index (χ0v) is 23.8. The number of amides is 1. The minimum atomic E-state index is -0.391. The molecule has 10 heteroatoms. The summed E-state index contributed by atoms with van der Waals surface area (Å²) in [6.07, 6.45) is 2.79. The number of nitrogens with one attached hydrogen (secondary N) is 1. The highest BCUT2D eigenvalue weighted by Gasteiger charge is 2.29. The second-order valence-corrected chi connectivity index (χ2v) is 11.2. The molecule has 0 saturated carbocycles. The first-order valence-electron chi connectivity index (χ1n) is 12.8. The van der Waals surface area contributed by atoms with Gasteiger partial charge in [0.25, 0.3) is 0 Å². The van der Waals surface area contributed by atoms with Gasteiger partial charge in [-0.05, 0) is 75.8 Å². The third kappa shape index (κ3) is 5.85. The van der Waals surface area contributed by atoms with Crippen LogP contribution in [0, 0.1) is 5.92 Å². The van der Waals surface area contributed by atoms with E-state index in [1.165, 1.54) is 40.8 Å². The van der Waals surface area contributed by atoms with Crippen molar-refractivity contribution in [2.45, 2.75) is 58.7 Å². The van der Waals surface area contributed by atoms with E-state index >= 15 is 0 Å². The lowest BCUT2D eigenvalue weighted by Gasteiger charge is -2.21. The third-order valence-corrected chi connectivity index (χ3v) is 8.91. The number of rotatable bonds is 10. The quantitative estimate of drug-likeness (QED) is 0.267. The van der Waals surface area contributed by atoms with E-state index in [2.05, 4.69) is 65.5 Å². The number of benzene rings is 1. The first kappa shape index (κ1) is 27.2. The van der Waals surface area contributed by atoms with Gasteiger partial charge >= 0.3 is 5.97 Å². The fourth-order valence-electron chi connectivity index (χ4n) is 4.75. The van der Waals surface area contributed by atoms with Crippen molar-refractivity contribution in [3.8, 4) is 11.4 Å². The van der Waals surface area contributed by atoms with E-state index in [4.69, 9.17) is 4.74 Å². The topological polar surface area (TPSA) is 89.3 Å². The van der Waals surface area contributed by atoms with Gasteiger partial charge in [-0.2, -0.15) is 0 Å². The number of esters is 1. The highest BCUT2D eigenvalue weighted by Crippen LogP contribution is 2.40. The van der Waals surface area contributed by atoms with E-state index in [1.54, 1.807) is 0 Å². The predicted molar refractivity (Wildman–Crippen MR) is 151 cm³/mol. The average Bonchev–Trinajstić information content (AvgIpc) is 3.48. The van der Waals surface area contributed by atoms with Gasteiger partial charge < -0.3 is 19.5 Å². The summed E-state index contributed by atoms with van der Waals surface area (Å²) >= 11 is 2.84. The molecule has 0 spiro atoms. The van der Waals surface area contributed by atoms with Gasteiger partial charge in [0.1, 0.15) is 5.00 Å². The molecule has 1 atom stereocenters. The van der Waals surface area contributed by atoms with Crippen LogP contribution in [0.5, 0.6) is 0 Å². The van der Waals surface area contributed by atoms with Crippen LogP contribution < -0.4 is 10.2 Å². The van der Waals surface area contributed by atoms with Gasteiger partial charge in [0, 0.05) is 35.8 Å². The lowest BCUT2D eigenvalue weighted by atomic mass is 9.88. The largest absolute Gasteiger partial charge is 0.465 e. The van der Waals surface area contributed by atoms with Crippen molar-refractivity contribution in [2.24, 2.45) is 5.92 Å². The maximum Gasteiger partial charge on any atom is 0.341 e. The molecule has 0 bridgehead atoms. The summed E-state index contributed by atoms with van der Waals surface area (Å²) in [5.41, 5.74) is 3.71. The SMILES string of the molecule is CCN(CC)c1ccc(-c2nnc(SCC(=O)Nc3sc4c(c3C(=O)OC)CCC(C)C4)n2CC)cc1. The summed E-state index contributed by atoms with van der Waals surface area (Å²) in [6, 6.07) is 8.35.